The average molecular weight is 689 g/mol. The number of unbranched alkanes of at least 4 members (excludes halogenated alkanes) is 19. The number of hydrogen-bond donors (Lipinski definition) is 0. The second kappa shape index (κ2) is 38.4. The van der Waals surface area contributed by atoms with Crippen LogP contribution in [-0.2, 0) is 28.6 Å². The molecule has 0 radical (unpaired) electrons. The maximum absolute atomic E-state index is 12.5. The van der Waals surface area contributed by atoms with Crippen LogP contribution in [0.15, 0.2) is 36.5 Å². The summed E-state index contributed by atoms with van der Waals surface area (Å²) >= 11 is 0. The van der Waals surface area contributed by atoms with E-state index in [0.29, 0.717) is 19.3 Å². The van der Waals surface area contributed by atoms with Gasteiger partial charge in [-0.2, -0.15) is 0 Å². The lowest BCUT2D eigenvalue weighted by Crippen LogP contribution is -2.30. The van der Waals surface area contributed by atoms with E-state index in [-0.39, 0.29) is 31.1 Å². The highest BCUT2D eigenvalue weighted by molar-refractivity contribution is 5.71. The zero-order valence-electron chi connectivity index (χ0n) is 32.2. The number of hydrogen-bond acceptors (Lipinski definition) is 6. The minimum Gasteiger partial charge on any atom is -0.462 e. The summed E-state index contributed by atoms with van der Waals surface area (Å²) in [4.78, 5) is 37.3. The first-order chi connectivity index (χ1) is 24.0. The van der Waals surface area contributed by atoms with Gasteiger partial charge in [0, 0.05) is 19.3 Å². The van der Waals surface area contributed by atoms with E-state index in [2.05, 4.69) is 57.2 Å². The molecule has 0 spiro atoms. The Morgan fingerprint density at radius 3 is 1.24 bits per heavy atom. The molecule has 0 aliphatic heterocycles. The largest absolute Gasteiger partial charge is 0.462 e. The molecule has 0 aliphatic rings. The van der Waals surface area contributed by atoms with Gasteiger partial charge in [0.05, 0.1) is 0 Å². The maximum Gasteiger partial charge on any atom is 0.306 e. The Morgan fingerprint density at radius 2 is 0.796 bits per heavy atom. The first-order valence-corrected chi connectivity index (χ1v) is 20.5. The van der Waals surface area contributed by atoms with Gasteiger partial charge >= 0.3 is 17.9 Å². The SMILES string of the molecule is CC/C=C\C/C=C\C/C=C\CCCCCCCCCC(=O)OCC(COC(=O)CCCCCCCC)OC(=O)CCCCCCCCCC. The van der Waals surface area contributed by atoms with Crippen molar-refractivity contribution in [1.29, 1.82) is 0 Å². The van der Waals surface area contributed by atoms with Gasteiger partial charge in [0.25, 0.3) is 0 Å². The molecular weight excluding hydrogens is 612 g/mol. The van der Waals surface area contributed by atoms with Gasteiger partial charge in [0.15, 0.2) is 6.10 Å². The van der Waals surface area contributed by atoms with Gasteiger partial charge in [-0.1, -0.05) is 166 Å². The number of carbonyl (C=O) groups excluding carboxylic acids is 3. The lowest BCUT2D eigenvalue weighted by atomic mass is 10.1. The summed E-state index contributed by atoms with van der Waals surface area (Å²) < 4.78 is 16.5. The van der Waals surface area contributed by atoms with Crippen LogP contribution in [0.4, 0.5) is 0 Å². The second-order valence-corrected chi connectivity index (χ2v) is 13.5. The fraction of sp³-hybridized carbons (Fsp3) is 0.791. The van der Waals surface area contributed by atoms with Gasteiger partial charge in [0.2, 0.25) is 0 Å². The molecule has 0 heterocycles. The molecule has 0 aromatic rings. The molecule has 6 heteroatoms. The lowest BCUT2D eigenvalue weighted by Gasteiger charge is -2.18. The van der Waals surface area contributed by atoms with E-state index in [0.717, 1.165) is 83.5 Å². The van der Waals surface area contributed by atoms with Crippen molar-refractivity contribution in [2.45, 2.75) is 207 Å². The van der Waals surface area contributed by atoms with Crippen molar-refractivity contribution < 1.29 is 28.6 Å². The molecule has 1 unspecified atom stereocenters. The number of esters is 3. The van der Waals surface area contributed by atoms with E-state index >= 15 is 0 Å². The molecule has 6 nitrogen and oxygen atoms in total. The number of ether oxygens (including phenoxy) is 3. The van der Waals surface area contributed by atoms with E-state index in [1.807, 2.05) is 0 Å². The molecule has 0 saturated heterocycles. The minimum atomic E-state index is -0.765. The molecule has 284 valence electrons. The van der Waals surface area contributed by atoms with Crippen molar-refractivity contribution in [2.24, 2.45) is 0 Å². The molecule has 0 fully saturated rings. The van der Waals surface area contributed by atoms with Crippen LogP contribution in [0.3, 0.4) is 0 Å². The van der Waals surface area contributed by atoms with Gasteiger partial charge < -0.3 is 14.2 Å². The zero-order chi connectivity index (χ0) is 35.9. The Labute approximate surface area is 302 Å². The van der Waals surface area contributed by atoms with Gasteiger partial charge in [-0.05, 0) is 51.4 Å². The molecule has 0 amide bonds. The van der Waals surface area contributed by atoms with Crippen LogP contribution in [0, 0.1) is 0 Å². The predicted molar refractivity (Wildman–Crippen MR) is 206 cm³/mol. The summed E-state index contributed by atoms with van der Waals surface area (Å²) in [6.45, 7) is 6.41. The van der Waals surface area contributed by atoms with Crippen LogP contribution in [0.1, 0.15) is 201 Å². The number of rotatable bonds is 36. The second-order valence-electron chi connectivity index (χ2n) is 13.5. The fourth-order valence-electron chi connectivity index (χ4n) is 5.57. The number of carbonyl (C=O) groups is 3. The lowest BCUT2D eigenvalue weighted by molar-refractivity contribution is -0.167. The summed E-state index contributed by atoms with van der Waals surface area (Å²) in [5.74, 6) is -0.902. The third-order valence-corrected chi connectivity index (χ3v) is 8.66. The minimum absolute atomic E-state index is 0.0745. The fourth-order valence-corrected chi connectivity index (χ4v) is 5.57. The van der Waals surface area contributed by atoms with Crippen molar-refractivity contribution in [2.75, 3.05) is 13.2 Å². The van der Waals surface area contributed by atoms with Crippen molar-refractivity contribution in [3.8, 4) is 0 Å². The predicted octanol–water partition coefficient (Wildman–Crippen LogP) is 12.6. The summed E-state index contributed by atoms with van der Waals surface area (Å²) in [7, 11) is 0. The normalized spacial score (nSPS) is 12.3. The van der Waals surface area contributed by atoms with Crippen LogP contribution < -0.4 is 0 Å². The summed E-state index contributed by atoms with van der Waals surface area (Å²) in [6.07, 6.45) is 41.5. The third-order valence-electron chi connectivity index (χ3n) is 8.66. The van der Waals surface area contributed by atoms with Crippen molar-refractivity contribution in [3.05, 3.63) is 36.5 Å². The van der Waals surface area contributed by atoms with E-state index in [4.69, 9.17) is 14.2 Å². The van der Waals surface area contributed by atoms with Crippen LogP contribution in [0.2, 0.25) is 0 Å². The Kier molecular flexibility index (Phi) is 36.6. The maximum atomic E-state index is 12.5. The van der Waals surface area contributed by atoms with Gasteiger partial charge in [-0.3, -0.25) is 14.4 Å². The van der Waals surface area contributed by atoms with E-state index in [1.165, 1.54) is 77.0 Å². The molecule has 0 bridgehead atoms. The van der Waals surface area contributed by atoms with Crippen molar-refractivity contribution in [3.63, 3.8) is 0 Å². The topological polar surface area (TPSA) is 78.9 Å². The standard InChI is InChI=1S/C43H76O6/c1-4-7-10-13-16-18-19-20-21-22-23-24-25-26-28-30-33-36-42(45)48-39-40(38-47-41(44)35-32-29-15-12-9-6-3)49-43(46)37-34-31-27-17-14-11-8-5-2/h7,10,16,18,20-21,40H,4-6,8-9,11-15,17,19,22-39H2,1-3H3/b10-7-,18-16-,21-20-. The molecule has 0 aliphatic carbocycles. The van der Waals surface area contributed by atoms with Gasteiger partial charge in [0.1, 0.15) is 13.2 Å². The molecule has 0 saturated carbocycles. The molecule has 0 aromatic carbocycles. The van der Waals surface area contributed by atoms with Gasteiger partial charge in [-0.15, -0.1) is 0 Å². The Balaban J connectivity index is 4.23. The highest BCUT2D eigenvalue weighted by Gasteiger charge is 2.19. The zero-order valence-corrected chi connectivity index (χ0v) is 32.2. The van der Waals surface area contributed by atoms with Crippen LogP contribution >= 0.6 is 0 Å². The van der Waals surface area contributed by atoms with Crippen LogP contribution in [0.5, 0.6) is 0 Å². The van der Waals surface area contributed by atoms with Crippen molar-refractivity contribution >= 4 is 17.9 Å². The molecule has 0 rings (SSSR count). The highest BCUT2D eigenvalue weighted by Crippen LogP contribution is 2.13. The third kappa shape index (κ3) is 36.7. The first-order valence-electron chi connectivity index (χ1n) is 20.5. The molecule has 0 N–H and O–H groups in total. The van der Waals surface area contributed by atoms with Gasteiger partial charge in [-0.25, -0.2) is 0 Å². The summed E-state index contributed by atoms with van der Waals surface area (Å²) in [6, 6.07) is 0. The highest BCUT2D eigenvalue weighted by atomic mass is 16.6. The summed E-state index contributed by atoms with van der Waals surface area (Å²) in [5, 5.41) is 0. The van der Waals surface area contributed by atoms with E-state index < -0.39 is 6.10 Å². The Hall–Kier alpha value is -2.37. The smallest absolute Gasteiger partial charge is 0.306 e. The molecule has 1 atom stereocenters. The van der Waals surface area contributed by atoms with Crippen molar-refractivity contribution in [1.82, 2.24) is 0 Å². The molecule has 49 heavy (non-hydrogen) atoms. The Morgan fingerprint density at radius 1 is 0.429 bits per heavy atom. The monoisotopic (exact) mass is 689 g/mol. The average Bonchev–Trinajstić information content (AvgIpc) is 3.10. The molecule has 0 aromatic heterocycles. The summed E-state index contributed by atoms with van der Waals surface area (Å²) in [5.41, 5.74) is 0. The number of allylic oxidation sites excluding steroid dienone is 6. The van der Waals surface area contributed by atoms with E-state index in [9.17, 15) is 14.4 Å². The first kappa shape index (κ1) is 46.6. The van der Waals surface area contributed by atoms with Crippen LogP contribution in [-0.4, -0.2) is 37.2 Å². The van der Waals surface area contributed by atoms with Crippen LogP contribution in [0.25, 0.3) is 0 Å². The quantitative estimate of drug-likeness (QED) is 0.0282. The van der Waals surface area contributed by atoms with E-state index in [1.54, 1.807) is 0 Å². The molecular formula is C43H76O6. The Bertz CT molecular complexity index is 845.